The molecule has 0 radical (unpaired) electrons. The molecule has 0 N–H and O–H groups in total. The number of rotatable bonds is 3. The van der Waals surface area contributed by atoms with Crippen LogP contribution in [0.3, 0.4) is 0 Å². The first-order valence-corrected chi connectivity index (χ1v) is 8.43. The Labute approximate surface area is 138 Å². The average Bonchev–Trinajstić information content (AvgIpc) is 2.60. The van der Waals surface area contributed by atoms with E-state index in [2.05, 4.69) is 23.7 Å². The molecule has 122 valence electrons. The monoisotopic (exact) mass is 311 g/mol. The zero-order valence-electron chi connectivity index (χ0n) is 14.2. The van der Waals surface area contributed by atoms with Gasteiger partial charge in [0.15, 0.2) is 0 Å². The van der Waals surface area contributed by atoms with Gasteiger partial charge in [-0.15, -0.1) is 0 Å². The summed E-state index contributed by atoms with van der Waals surface area (Å²) in [5.41, 5.74) is 1.42. The largest absolute Gasteiger partial charge is 0.337 e. The third-order valence-electron chi connectivity index (χ3n) is 4.91. The fraction of sp³-hybridized carbons (Fsp3) is 0.474. The number of pyridine rings is 1. The van der Waals surface area contributed by atoms with Crippen molar-refractivity contribution in [1.29, 1.82) is 0 Å². The van der Waals surface area contributed by atoms with Gasteiger partial charge in [0, 0.05) is 37.6 Å². The Hall–Kier alpha value is -1.94. The summed E-state index contributed by atoms with van der Waals surface area (Å²) in [5, 5.41) is 1.07. The third-order valence-corrected chi connectivity index (χ3v) is 4.91. The molecule has 0 saturated carbocycles. The van der Waals surface area contributed by atoms with Crippen molar-refractivity contribution in [3.63, 3.8) is 0 Å². The summed E-state index contributed by atoms with van der Waals surface area (Å²) >= 11 is 0. The maximum Gasteiger partial charge on any atom is 0.272 e. The van der Waals surface area contributed by atoms with Gasteiger partial charge in [-0.05, 0) is 38.8 Å². The lowest BCUT2D eigenvalue weighted by atomic mass is 10.0. The van der Waals surface area contributed by atoms with Crippen molar-refractivity contribution in [2.45, 2.75) is 38.8 Å². The molecule has 1 aromatic heterocycles. The molecule has 1 fully saturated rings. The fourth-order valence-electron chi connectivity index (χ4n) is 3.32. The second-order valence-electron chi connectivity index (χ2n) is 6.67. The van der Waals surface area contributed by atoms with Gasteiger partial charge in [-0.1, -0.05) is 24.3 Å². The van der Waals surface area contributed by atoms with E-state index >= 15 is 0 Å². The molecule has 0 aliphatic carbocycles. The van der Waals surface area contributed by atoms with Gasteiger partial charge < -0.3 is 9.80 Å². The van der Waals surface area contributed by atoms with Crippen LogP contribution in [0.2, 0.25) is 0 Å². The van der Waals surface area contributed by atoms with Gasteiger partial charge in [-0.2, -0.15) is 0 Å². The maximum atomic E-state index is 12.8. The normalized spacial score (nSPS) is 16.9. The number of aromatic nitrogens is 1. The molecule has 0 bridgehead atoms. The van der Waals surface area contributed by atoms with E-state index < -0.39 is 0 Å². The highest BCUT2D eigenvalue weighted by Crippen LogP contribution is 2.19. The maximum absolute atomic E-state index is 12.8. The molecule has 0 spiro atoms. The SMILES string of the molecule is CC(C)N1CCC(N(C)C(=O)c2ccc3ccccc3n2)CC1. The van der Waals surface area contributed by atoms with Crippen LogP contribution in [-0.4, -0.2) is 52.9 Å². The van der Waals surface area contributed by atoms with Crippen LogP contribution >= 0.6 is 0 Å². The van der Waals surface area contributed by atoms with Crippen LogP contribution in [0.4, 0.5) is 0 Å². The Kier molecular flexibility index (Phi) is 4.62. The van der Waals surface area contributed by atoms with Gasteiger partial charge in [-0.25, -0.2) is 4.98 Å². The molecular weight excluding hydrogens is 286 g/mol. The minimum atomic E-state index is 0.0266. The molecule has 4 nitrogen and oxygen atoms in total. The molecule has 1 aromatic carbocycles. The molecule has 23 heavy (non-hydrogen) atoms. The molecular formula is C19H25N3O. The summed E-state index contributed by atoms with van der Waals surface area (Å²) < 4.78 is 0. The molecule has 2 aromatic rings. The van der Waals surface area contributed by atoms with Crippen molar-refractivity contribution in [2.75, 3.05) is 20.1 Å². The first-order chi connectivity index (χ1) is 11.1. The number of fused-ring (bicyclic) bond motifs is 1. The minimum Gasteiger partial charge on any atom is -0.337 e. The van der Waals surface area contributed by atoms with E-state index in [0.29, 0.717) is 17.8 Å². The van der Waals surface area contributed by atoms with E-state index in [9.17, 15) is 4.79 Å². The predicted octanol–water partition coefficient (Wildman–Crippen LogP) is 3.18. The summed E-state index contributed by atoms with van der Waals surface area (Å²) in [4.78, 5) is 21.6. The molecule has 1 aliphatic rings. The number of piperidine rings is 1. The van der Waals surface area contributed by atoms with Crippen LogP contribution < -0.4 is 0 Å². The molecule has 2 heterocycles. The van der Waals surface area contributed by atoms with Crippen LogP contribution in [-0.2, 0) is 0 Å². The second-order valence-corrected chi connectivity index (χ2v) is 6.67. The van der Waals surface area contributed by atoms with E-state index in [1.807, 2.05) is 48.3 Å². The quantitative estimate of drug-likeness (QED) is 0.873. The summed E-state index contributed by atoms with van der Waals surface area (Å²) in [6.45, 7) is 6.58. The standard InChI is InChI=1S/C19H25N3O/c1-14(2)22-12-10-16(11-13-22)21(3)19(23)18-9-8-15-6-4-5-7-17(15)20-18/h4-9,14,16H,10-13H2,1-3H3. The lowest BCUT2D eigenvalue weighted by Gasteiger charge is -2.38. The Morgan fingerprint density at radius 2 is 1.87 bits per heavy atom. The number of carbonyl (C=O) groups excluding carboxylic acids is 1. The zero-order chi connectivity index (χ0) is 16.4. The van der Waals surface area contributed by atoms with Crippen LogP contribution in [0.15, 0.2) is 36.4 Å². The second kappa shape index (κ2) is 6.67. The average molecular weight is 311 g/mol. The summed E-state index contributed by atoms with van der Waals surface area (Å²) in [5.74, 6) is 0.0266. The molecule has 3 rings (SSSR count). The van der Waals surface area contributed by atoms with Gasteiger partial charge >= 0.3 is 0 Å². The number of para-hydroxylation sites is 1. The van der Waals surface area contributed by atoms with Gasteiger partial charge in [0.05, 0.1) is 5.52 Å². The highest BCUT2D eigenvalue weighted by atomic mass is 16.2. The van der Waals surface area contributed by atoms with E-state index in [1.54, 1.807) is 0 Å². The minimum absolute atomic E-state index is 0.0266. The van der Waals surface area contributed by atoms with Crippen LogP contribution in [0.5, 0.6) is 0 Å². The zero-order valence-corrected chi connectivity index (χ0v) is 14.2. The van der Waals surface area contributed by atoms with Gasteiger partial charge in [0.25, 0.3) is 5.91 Å². The number of hydrogen-bond acceptors (Lipinski definition) is 3. The molecule has 1 saturated heterocycles. The Bertz CT molecular complexity index is 690. The highest BCUT2D eigenvalue weighted by molar-refractivity contribution is 5.94. The van der Waals surface area contributed by atoms with Crippen molar-refractivity contribution in [3.8, 4) is 0 Å². The van der Waals surface area contributed by atoms with E-state index in [4.69, 9.17) is 0 Å². The van der Waals surface area contributed by atoms with E-state index in [0.717, 1.165) is 36.8 Å². The smallest absolute Gasteiger partial charge is 0.272 e. The Morgan fingerprint density at radius 3 is 2.57 bits per heavy atom. The lowest BCUT2D eigenvalue weighted by molar-refractivity contribution is 0.0610. The molecule has 4 heteroatoms. The first-order valence-electron chi connectivity index (χ1n) is 8.43. The van der Waals surface area contributed by atoms with Gasteiger partial charge in [0.1, 0.15) is 5.69 Å². The highest BCUT2D eigenvalue weighted by Gasteiger charge is 2.27. The molecule has 0 atom stereocenters. The topological polar surface area (TPSA) is 36.4 Å². The number of hydrogen-bond donors (Lipinski definition) is 0. The van der Waals surface area contributed by atoms with Crippen LogP contribution in [0.25, 0.3) is 10.9 Å². The van der Waals surface area contributed by atoms with Crippen molar-refractivity contribution < 1.29 is 4.79 Å². The summed E-state index contributed by atoms with van der Waals surface area (Å²) in [7, 11) is 1.91. The van der Waals surface area contributed by atoms with Crippen LogP contribution in [0, 0.1) is 0 Å². The van der Waals surface area contributed by atoms with Gasteiger partial charge in [0.2, 0.25) is 0 Å². The third kappa shape index (κ3) is 3.37. The predicted molar refractivity (Wildman–Crippen MR) is 93.6 cm³/mol. The first kappa shape index (κ1) is 15.9. The molecule has 0 unspecified atom stereocenters. The number of benzene rings is 1. The van der Waals surface area contributed by atoms with Crippen molar-refractivity contribution in [2.24, 2.45) is 0 Å². The number of amides is 1. The summed E-state index contributed by atoms with van der Waals surface area (Å²) in [6, 6.07) is 12.6. The van der Waals surface area contributed by atoms with Crippen molar-refractivity contribution in [3.05, 3.63) is 42.1 Å². The van der Waals surface area contributed by atoms with E-state index in [1.165, 1.54) is 0 Å². The van der Waals surface area contributed by atoms with Crippen molar-refractivity contribution >= 4 is 16.8 Å². The number of nitrogens with zero attached hydrogens (tertiary/aromatic N) is 3. The summed E-state index contributed by atoms with van der Waals surface area (Å²) in [6.07, 6.45) is 2.07. The number of likely N-dealkylation sites (tertiary alicyclic amines) is 1. The Balaban J connectivity index is 1.71. The van der Waals surface area contributed by atoms with Crippen LogP contribution in [0.1, 0.15) is 37.2 Å². The molecule has 1 aliphatic heterocycles. The lowest BCUT2D eigenvalue weighted by Crippen LogP contribution is -2.47. The van der Waals surface area contributed by atoms with E-state index in [-0.39, 0.29) is 5.91 Å². The Morgan fingerprint density at radius 1 is 1.17 bits per heavy atom. The molecule has 1 amide bonds. The number of carbonyl (C=O) groups is 1. The van der Waals surface area contributed by atoms with Gasteiger partial charge in [-0.3, -0.25) is 4.79 Å². The van der Waals surface area contributed by atoms with Crippen molar-refractivity contribution in [1.82, 2.24) is 14.8 Å². The fourth-order valence-corrected chi connectivity index (χ4v) is 3.32.